The summed E-state index contributed by atoms with van der Waals surface area (Å²) in [6, 6.07) is 109. The standard InChI is InChI=1S/C45H42N2.C24H19N.C21H24ClN.I49/c1-33-30-40(32-41(31-33)47-43-19-11-10-18-42(43)44(2)28-12-13-29-45(44,47)3)46(38-24-20-36(21-25-38)34-14-6-4-7-15-34)39-26-22-37(23-27-39)35-16-8-5-9-17-35;1-3-7-19(8-4-1)21-11-15-23(16-12-21)25-24-17-13-22(14-18-24)20-9-5-2-6-10-20;1-15-12-16(22)14-17(13-15)23-19-9-5-4-8-18(19)20(2)10-6-7-11-21(20,23)3;1-26-28(4)30(6)32(8)34(10)36(12)38(14)40(16)42(18)44(20)46(22)48(24)49(25)47(23)45(21)43(19)41(17)39(15)37(13)35(11)33(9)31(7)29(5)27(2)3/h4-11,14-27,30-32H,12-13,28-29H2,1-3H3;1-18,25H;4-5,8-9,12-14H,6-7,10-11H2,1-3H3;/q;;;-1. The molecule has 816 valence electrons. The molecule has 2 heterocycles. The van der Waals surface area contributed by atoms with Gasteiger partial charge in [-0.2, -0.15) is 0 Å². The number of rotatable bonds is 34. The molecule has 2 fully saturated rings. The Morgan fingerprint density at radius 2 is 0.521 bits per heavy atom. The van der Waals surface area contributed by atoms with Gasteiger partial charge in [0, 0.05) is 67.0 Å². The number of nitrogens with one attached hydrogen (secondary N) is 1. The second kappa shape index (κ2) is 73.9. The van der Waals surface area contributed by atoms with E-state index >= 15 is 0 Å². The summed E-state index contributed by atoms with van der Waals surface area (Å²) in [7, 11) is -12.0. The molecule has 54 heteroatoms. The van der Waals surface area contributed by atoms with Crippen molar-refractivity contribution in [3.05, 3.63) is 331 Å². The van der Waals surface area contributed by atoms with Crippen LogP contribution in [0.4, 0.5) is 51.2 Å². The average molecular weight is 7480 g/mol. The van der Waals surface area contributed by atoms with E-state index in [4.69, 9.17) is 11.6 Å². The molecule has 12 aromatic rings. The minimum atomic E-state index is -0.571. The molecule has 0 radical (unpaired) electrons. The minimum absolute atomic E-state index is 0.0134. The molecule has 1 N–H and O–H groups in total. The third-order valence-corrected chi connectivity index (χ3v) is 3740. The number of para-hydroxylation sites is 2. The van der Waals surface area contributed by atoms with Crippen LogP contribution < -0.4 is 33.3 Å². The first-order valence-corrected chi connectivity index (χ1v) is 343. The van der Waals surface area contributed by atoms with Gasteiger partial charge in [0.05, 0.1) is 11.1 Å². The van der Waals surface area contributed by atoms with Crippen LogP contribution in [0.1, 0.15) is 101 Å². The number of hydrogen-bond donors (Lipinski definition) is 1. The van der Waals surface area contributed by atoms with Crippen LogP contribution in [0, 0.1) is 13.8 Å². The van der Waals surface area contributed by atoms with Crippen molar-refractivity contribution in [1.82, 2.24) is 0 Å². The van der Waals surface area contributed by atoms with Gasteiger partial charge < -0.3 is 20.0 Å². The number of halogens is 50. The summed E-state index contributed by atoms with van der Waals surface area (Å²) in [6.45, 7) is 14.3. The van der Waals surface area contributed by atoms with E-state index in [2.05, 4.69) is 812 Å². The summed E-state index contributed by atoms with van der Waals surface area (Å²) < 4.78 is 0. The Morgan fingerprint density at radius 1 is 0.271 bits per heavy atom. The first-order chi connectivity index (χ1) is 68.6. The van der Waals surface area contributed by atoms with Gasteiger partial charge in [-0.1, -0.05) is 257 Å². The number of fused-ring (bicyclic) bond motifs is 6. The summed E-state index contributed by atoms with van der Waals surface area (Å²) in [5.74, 6) is 0. The molecule has 4 unspecified atom stereocenters. The molecule has 0 aromatic heterocycles. The fourth-order valence-corrected chi connectivity index (χ4v) is 9030. The van der Waals surface area contributed by atoms with Gasteiger partial charge in [0.15, 0.2) is 0 Å². The van der Waals surface area contributed by atoms with Crippen molar-refractivity contribution in [2.24, 2.45) is 0 Å². The number of hydrogen-bond acceptors (Lipinski definition) is 4. The molecule has 16 rings (SSSR count). The molecule has 0 spiro atoms. The van der Waals surface area contributed by atoms with Gasteiger partial charge in [0.2, 0.25) is 0 Å². The molecule has 0 saturated heterocycles. The predicted molar refractivity (Wildman–Crippen MR) is 1080 cm³/mol. The summed E-state index contributed by atoms with van der Waals surface area (Å²) >= 11 is 88.7. The Bertz CT molecular complexity index is 5920. The first kappa shape index (κ1) is 146. The quantitative estimate of drug-likeness (QED) is 0.0406. The minimum Gasteiger partial charge on any atom is -0.356 e. The molecule has 0 bridgehead atoms. The maximum absolute atomic E-state index is 6.38. The zero-order valence-corrected chi connectivity index (χ0v) is 181. The third kappa shape index (κ3) is 40.0. The van der Waals surface area contributed by atoms with E-state index in [1.54, 1.807) is 0 Å². The molecule has 2 saturated carbocycles. The average Bonchev–Trinajstić information content (AvgIpc) is 1.54. The fraction of sp³-hybridized carbons (Fsp3) is 0.200. The number of nitrogens with zero attached hydrogens (tertiary/aromatic N) is 3. The fourth-order valence-electron chi connectivity index (χ4n) is 16.9. The topological polar surface area (TPSA) is 21.8 Å². The van der Waals surface area contributed by atoms with Crippen molar-refractivity contribution >= 4 is 710 Å². The van der Waals surface area contributed by atoms with Crippen LogP contribution in [0.15, 0.2) is 303 Å². The molecule has 4 aliphatic rings. The molecule has 4 atom stereocenters. The second-order valence-electron chi connectivity index (χ2n) is 31.3. The van der Waals surface area contributed by atoms with E-state index in [0.29, 0.717) is 13.3 Å². The van der Waals surface area contributed by atoms with Crippen molar-refractivity contribution in [2.75, 3.05) is 20.0 Å². The van der Waals surface area contributed by atoms with Crippen LogP contribution in [-0.2, 0) is 10.8 Å². The van der Waals surface area contributed by atoms with Crippen LogP contribution in [0.5, 0.6) is 0 Å². The zero-order valence-electron chi connectivity index (χ0n) is 74.3. The molecule has 144 heavy (non-hydrogen) atoms. The van der Waals surface area contributed by atoms with Crippen molar-refractivity contribution in [3.8, 4) is 44.5 Å². The van der Waals surface area contributed by atoms with Crippen LogP contribution in [0.2, 0.25) is 5.02 Å². The molecule has 4 nitrogen and oxygen atoms in total. The smallest absolute Gasteiger partial charge is 0.0384 e. The Labute approximate surface area is 1190 Å². The summed E-state index contributed by atoms with van der Waals surface area (Å²) in [6.07, 6.45) is 10.1. The third-order valence-electron chi connectivity index (χ3n) is 23.4. The van der Waals surface area contributed by atoms with Gasteiger partial charge in [-0.3, -0.25) is 0 Å². The van der Waals surface area contributed by atoms with Gasteiger partial charge in [-0.05, 0) is 217 Å². The van der Waals surface area contributed by atoms with Gasteiger partial charge in [-0.15, -0.1) is 0 Å². The van der Waals surface area contributed by atoms with Gasteiger partial charge in [0.1, 0.15) is 0 Å². The van der Waals surface area contributed by atoms with Gasteiger partial charge in [-0.25, -0.2) is 0 Å². The van der Waals surface area contributed by atoms with E-state index in [-0.39, 0.29) is 21.9 Å². The monoisotopic (exact) mass is 7470 g/mol. The van der Waals surface area contributed by atoms with Crippen molar-refractivity contribution in [1.29, 1.82) is 0 Å². The van der Waals surface area contributed by atoms with Crippen LogP contribution in [-0.4, -0.2) is 11.1 Å². The van der Waals surface area contributed by atoms with Crippen molar-refractivity contribution < 1.29 is 13.3 Å². The first-order valence-electron chi connectivity index (χ1n) is 41.0. The molecular formula is C90H85ClI49N4-. The molecule has 2 aliphatic heterocycles. The molecule has 12 aromatic carbocycles. The van der Waals surface area contributed by atoms with Crippen LogP contribution in [0.3, 0.4) is 0 Å². The van der Waals surface area contributed by atoms with E-state index in [1.807, 2.05) is 18.2 Å². The van der Waals surface area contributed by atoms with Crippen LogP contribution >= 0.6 is 659 Å². The zero-order chi connectivity index (χ0) is 104. The number of benzene rings is 12. The van der Waals surface area contributed by atoms with E-state index in [0.717, 1.165) is 27.8 Å². The normalized spacial score (nSPS) is 19.4. The SMILES string of the molecule is Cc1cc(Cl)cc(N2c3ccccc3C3(C)CCCCC23C)c1.Cc1cc(N(c2ccc(-c3ccccc3)cc2)c2ccc(-c3ccccc3)cc2)cc(N2c3ccccc3C3(C)CCCCC23C)c1.I[I-]I(I)I(I)I(I)I(I)I(I)I(I)I(I)I(I)I(I)I(I)I(I)I(I)I(I)I(I)I(I)I(I)I(I)I(I)I(I)I(I)I(I)I(I)I(I)I.c1ccc(-c2ccc(Nc3ccc(-c4ccccc4)cc3)cc2)cc1. The van der Waals surface area contributed by atoms with E-state index in [9.17, 15) is 0 Å². The Hall–Kier alpha value is 25.9. The maximum atomic E-state index is 6.38. The largest absolute Gasteiger partial charge is 0.356 e. The number of anilines is 9. The van der Waals surface area contributed by atoms with Gasteiger partial charge in [0.25, 0.3) is 0 Å². The number of aryl methyl sites for hydroxylation is 2. The van der Waals surface area contributed by atoms with Gasteiger partial charge >= 0.3 is 660 Å². The molecular weight excluding hydrogens is 7390 g/mol. The molecule has 0 amide bonds. The van der Waals surface area contributed by atoms with Crippen molar-refractivity contribution in [3.63, 3.8) is 0 Å². The Morgan fingerprint density at radius 3 is 0.812 bits per heavy atom. The maximum Gasteiger partial charge on any atom is 0.0384 e. The van der Waals surface area contributed by atoms with E-state index < -0.39 is 182 Å². The van der Waals surface area contributed by atoms with E-state index in [1.165, 1.54) is 147 Å². The van der Waals surface area contributed by atoms with Crippen molar-refractivity contribution in [2.45, 2.75) is 115 Å². The Kier molecular flexibility index (Phi) is 75.1. The predicted octanol–water partition coefficient (Wildman–Crippen LogP) is 65.2. The van der Waals surface area contributed by atoms with Crippen LogP contribution in [0.25, 0.3) is 44.5 Å². The summed E-state index contributed by atoms with van der Waals surface area (Å²) in [4.78, 5) is 7.68. The Balaban J connectivity index is 0.000000168. The summed E-state index contributed by atoms with van der Waals surface area (Å²) in [5, 5.41) is 4.29. The summed E-state index contributed by atoms with van der Waals surface area (Å²) in [5.41, 5.74) is 26.6. The molecule has 2 aliphatic carbocycles. The second-order valence-corrected chi connectivity index (χ2v) is 1170.